The van der Waals surface area contributed by atoms with Crippen molar-refractivity contribution < 1.29 is 4.79 Å². The lowest BCUT2D eigenvalue weighted by Crippen LogP contribution is -2.50. The number of nitrogens with one attached hydrogen (secondary N) is 1. The highest BCUT2D eigenvalue weighted by Crippen LogP contribution is 2.28. The summed E-state index contributed by atoms with van der Waals surface area (Å²) in [5.41, 5.74) is 6.39. The van der Waals surface area contributed by atoms with Crippen LogP contribution in [0.1, 0.15) is 33.5 Å². The van der Waals surface area contributed by atoms with Crippen molar-refractivity contribution >= 4 is 59.0 Å². The maximum atomic E-state index is 13.4. The molecule has 1 aromatic heterocycles. The normalized spacial score (nSPS) is 18.1. The van der Waals surface area contributed by atoms with Crippen LogP contribution in [0.5, 0.6) is 0 Å². The molecule has 0 aliphatic carbocycles. The Hall–Kier alpha value is -2.29. The zero-order valence-corrected chi connectivity index (χ0v) is 24.5. The Balaban J connectivity index is 0.00000176. The number of nitrogens with zero attached hydrogens (tertiary/aromatic N) is 3. The van der Waals surface area contributed by atoms with Crippen molar-refractivity contribution in [3.8, 4) is 0 Å². The van der Waals surface area contributed by atoms with Gasteiger partial charge in [0.05, 0.1) is 0 Å². The van der Waals surface area contributed by atoms with Crippen molar-refractivity contribution in [3.63, 3.8) is 0 Å². The van der Waals surface area contributed by atoms with E-state index >= 15 is 0 Å². The van der Waals surface area contributed by atoms with Gasteiger partial charge in [-0.05, 0) is 53.5 Å². The van der Waals surface area contributed by atoms with Gasteiger partial charge in [-0.3, -0.25) is 19.4 Å². The molecule has 4 heterocycles. The minimum atomic E-state index is 0. The number of aryl methyl sites for hydroxylation is 1. The molecule has 6 rings (SSSR count). The molecule has 9 heteroatoms. The maximum Gasteiger partial charge on any atom is 0.253 e. The van der Waals surface area contributed by atoms with Crippen molar-refractivity contribution in [2.24, 2.45) is 0 Å². The summed E-state index contributed by atoms with van der Waals surface area (Å²) in [5.74, 6) is 1.87. The molecule has 1 amide bonds. The molecular formula is C30H36Cl2N4O2S. The maximum absolute atomic E-state index is 13.4. The number of aromatic amines is 1. The molecule has 3 aromatic rings. The Bertz CT molecular complexity index is 1390. The van der Waals surface area contributed by atoms with Gasteiger partial charge in [0, 0.05) is 80.1 Å². The molecule has 0 atom stereocenters. The van der Waals surface area contributed by atoms with E-state index in [1.807, 2.05) is 23.1 Å². The lowest BCUT2D eigenvalue weighted by Gasteiger charge is -2.36. The van der Waals surface area contributed by atoms with Crippen molar-refractivity contribution in [3.05, 3.63) is 87.2 Å². The van der Waals surface area contributed by atoms with Crippen molar-refractivity contribution in [1.29, 1.82) is 0 Å². The Morgan fingerprint density at radius 3 is 2.38 bits per heavy atom. The Morgan fingerprint density at radius 2 is 1.64 bits per heavy atom. The second-order valence-corrected chi connectivity index (χ2v) is 11.4. The average molecular weight is 588 g/mol. The third-order valence-electron chi connectivity index (χ3n) is 8.05. The number of benzene rings is 2. The van der Waals surface area contributed by atoms with E-state index in [-0.39, 0.29) is 36.3 Å². The number of hydrogen-bond donors (Lipinski definition) is 1. The van der Waals surface area contributed by atoms with Crippen molar-refractivity contribution in [2.45, 2.75) is 18.6 Å². The molecule has 3 aliphatic rings. The Morgan fingerprint density at radius 1 is 0.872 bits per heavy atom. The summed E-state index contributed by atoms with van der Waals surface area (Å²) in [6.45, 7) is 7.58. The van der Waals surface area contributed by atoms with Crippen molar-refractivity contribution in [2.75, 3.05) is 58.1 Å². The number of piperazine rings is 1. The minimum Gasteiger partial charge on any atom is -0.336 e. The highest BCUT2D eigenvalue weighted by Gasteiger charge is 2.24. The number of carbonyl (C=O) groups is 1. The second-order valence-electron chi connectivity index (χ2n) is 10.3. The highest BCUT2D eigenvalue weighted by atomic mass is 35.5. The molecule has 208 valence electrons. The van der Waals surface area contributed by atoms with Crippen LogP contribution in [0, 0.1) is 0 Å². The van der Waals surface area contributed by atoms with Crippen LogP contribution in [0.25, 0.3) is 16.5 Å². The summed E-state index contributed by atoms with van der Waals surface area (Å²) in [6.07, 6.45) is 4.37. The van der Waals surface area contributed by atoms with Crippen LogP contribution < -0.4 is 5.56 Å². The smallest absolute Gasteiger partial charge is 0.253 e. The molecule has 39 heavy (non-hydrogen) atoms. The quantitative estimate of drug-likeness (QED) is 0.469. The van der Waals surface area contributed by atoms with E-state index in [0.717, 1.165) is 104 Å². The standard InChI is InChI=1S/C30H34N4O2S.2ClH/c35-29-27-21-37-19-10-25(27)26-20-24(6-7-28(26)31-29)30(36)34-17-15-33(16-18-34)14-13-32-11-8-23(9-12-32)22-4-2-1-3-5-22;;/h1-8,20H,9-19,21H2,(H,31,35);2*1H. The Labute approximate surface area is 246 Å². The van der Waals surface area contributed by atoms with Gasteiger partial charge in [0.2, 0.25) is 0 Å². The number of thioether (sulfide) groups is 1. The first kappa shape index (κ1) is 29.7. The number of rotatable bonds is 5. The molecule has 0 spiro atoms. The molecule has 0 unspecified atom stereocenters. The van der Waals surface area contributed by atoms with Gasteiger partial charge in [-0.25, -0.2) is 0 Å². The van der Waals surface area contributed by atoms with Gasteiger partial charge in [0.1, 0.15) is 0 Å². The van der Waals surface area contributed by atoms with Gasteiger partial charge >= 0.3 is 0 Å². The number of carbonyl (C=O) groups excluding carboxylic acids is 1. The number of pyridine rings is 1. The zero-order chi connectivity index (χ0) is 25.2. The van der Waals surface area contributed by atoms with Crippen molar-refractivity contribution in [1.82, 2.24) is 19.7 Å². The number of fused-ring (bicyclic) bond motifs is 3. The number of halogens is 2. The van der Waals surface area contributed by atoms with E-state index in [2.05, 4.69) is 51.2 Å². The minimum absolute atomic E-state index is 0. The zero-order valence-electron chi connectivity index (χ0n) is 22.1. The fraction of sp³-hybridized carbons (Fsp3) is 0.400. The lowest BCUT2D eigenvalue weighted by atomic mass is 9.99. The number of H-pyrrole nitrogens is 1. The molecule has 0 saturated carbocycles. The van der Waals surface area contributed by atoms with Gasteiger partial charge in [0.15, 0.2) is 0 Å². The SMILES string of the molecule is Cl.Cl.O=C(c1ccc2[nH]c(=O)c3c(c2c1)CCSC3)N1CCN(CCN2CC=C(c3ccccc3)CC2)CC1. The molecule has 0 radical (unpaired) electrons. The summed E-state index contributed by atoms with van der Waals surface area (Å²) in [5, 5.41) is 1.03. The summed E-state index contributed by atoms with van der Waals surface area (Å²) in [7, 11) is 0. The largest absolute Gasteiger partial charge is 0.336 e. The first-order valence-electron chi connectivity index (χ1n) is 13.4. The molecule has 0 bridgehead atoms. The van der Waals surface area contributed by atoms with Crippen LogP contribution >= 0.6 is 36.6 Å². The summed E-state index contributed by atoms with van der Waals surface area (Å²) in [6, 6.07) is 16.5. The molecule has 6 nitrogen and oxygen atoms in total. The average Bonchev–Trinajstić information content (AvgIpc) is 2.97. The van der Waals surface area contributed by atoms with E-state index in [1.165, 1.54) is 11.1 Å². The van der Waals surface area contributed by atoms with Gasteiger partial charge in [-0.15, -0.1) is 24.8 Å². The highest BCUT2D eigenvalue weighted by molar-refractivity contribution is 7.98. The fourth-order valence-electron chi connectivity index (χ4n) is 5.79. The predicted octanol–water partition coefficient (Wildman–Crippen LogP) is 4.71. The number of amides is 1. The van der Waals surface area contributed by atoms with E-state index in [0.29, 0.717) is 0 Å². The van der Waals surface area contributed by atoms with E-state index in [9.17, 15) is 9.59 Å². The van der Waals surface area contributed by atoms with Crippen LogP contribution in [0.15, 0.2) is 59.4 Å². The summed E-state index contributed by atoms with van der Waals surface area (Å²) < 4.78 is 0. The van der Waals surface area contributed by atoms with Crippen LogP contribution in [0.3, 0.4) is 0 Å². The summed E-state index contributed by atoms with van der Waals surface area (Å²) >= 11 is 1.80. The monoisotopic (exact) mass is 586 g/mol. The first-order valence-corrected chi connectivity index (χ1v) is 14.6. The molecule has 1 N–H and O–H groups in total. The molecule has 2 aromatic carbocycles. The topological polar surface area (TPSA) is 59.7 Å². The van der Waals surface area contributed by atoms with E-state index in [1.54, 1.807) is 11.8 Å². The van der Waals surface area contributed by atoms with Crippen LogP contribution in [-0.4, -0.2) is 83.7 Å². The third-order valence-corrected chi connectivity index (χ3v) is 9.04. The summed E-state index contributed by atoms with van der Waals surface area (Å²) in [4.78, 5) is 35.8. The van der Waals surface area contributed by atoms with Gasteiger partial charge in [-0.1, -0.05) is 36.4 Å². The third kappa shape index (κ3) is 6.55. The molecular weight excluding hydrogens is 551 g/mol. The number of hydrogen-bond acceptors (Lipinski definition) is 5. The second kappa shape index (κ2) is 13.4. The predicted molar refractivity (Wildman–Crippen MR) is 167 cm³/mol. The van der Waals surface area contributed by atoms with E-state index in [4.69, 9.17) is 0 Å². The van der Waals surface area contributed by atoms with Crippen LogP contribution in [0.4, 0.5) is 0 Å². The molecule has 1 saturated heterocycles. The van der Waals surface area contributed by atoms with Gasteiger partial charge in [-0.2, -0.15) is 11.8 Å². The Kier molecular flexibility index (Phi) is 10.2. The first-order chi connectivity index (χ1) is 18.2. The van der Waals surface area contributed by atoms with E-state index < -0.39 is 0 Å². The number of aromatic nitrogens is 1. The lowest BCUT2D eigenvalue weighted by molar-refractivity contribution is 0.0625. The molecule has 3 aliphatic heterocycles. The van der Waals surface area contributed by atoms with Gasteiger partial charge < -0.3 is 9.88 Å². The van der Waals surface area contributed by atoms with Gasteiger partial charge in [0.25, 0.3) is 11.5 Å². The molecule has 1 fully saturated rings. The van der Waals surface area contributed by atoms with Crippen LogP contribution in [-0.2, 0) is 12.2 Å². The van der Waals surface area contributed by atoms with Crippen LogP contribution in [0.2, 0.25) is 0 Å². The fourth-order valence-corrected chi connectivity index (χ4v) is 6.79.